The number of aryl methyl sites for hydroxylation is 2. The first-order valence-electron chi connectivity index (χ1n) is 13.3. The van der Waals surface area contributed by atoms with E-state index >= 15 is 0 Å². The topological polar surface area (TPSA) is 70.3 Å². The molecule has 1 N–H and O–H groups in total. The van der Waals surface area contributed by atoms with Gasteiger partial charge in [0.05, 0.1) is 6.04 Å². The number of nitrogens with zero attached hydrogens (tertiary/aromatic N) is 6. The Labute approximate surface area is 204 Å². The highest BCUT2D eigenvalue weighted by Gasteiger charge is 2.32. The number of aromatic hydroxyl groups is 1. The Balaban J connectivity index is 0.00000141. The quantitative estimate of drug-likeness (QED) is 0.563. The van der Waals surface area contributed by atoms with Gasteiger partial charge in [-0.1, -0.05) is 69.1 Å². The molecule has 1 saturated carbocycles. The van der Waals surface area contributed by atoms with Gasteiger partial charge in [-0.2, -0.15) is 0 Å². The molecule has 0 amide bonds. The fraction of sp³-hybridized carbons (Fsp3) is 0.519. The molecule has 2 heterocycles. The van der Waals surface area contributed by atoms with Crippen molar-refractivity contribution in [2.24, 2.45) is 0 Å². The summed E-state index contributed by atoms with van der Waals surface area (Å²) in [6.45, 7) is 4.90. The van der Waals surface area contributed by atoms with Crippen LogP contribution in [0.5, 0.6) is 5.75 Å². The summed E-state index contributed by atoms with van der Waals surface area (Å²) in [5.74, 6) is 1.16. The molecule has 0 spiro atoms. The van der Waals surface area contributed by atoms with Crippen LogP contribution in [0.25, 0.3) is 0 Å². The highest BCUT2D eigenvalue weighted by Crippen LogP contribution is 2.31. The van der Waals surface area contributed by atoms with Crippen LogP contribution in [0.15, 0.2) is 54.6 Å². The van der Waals surface area contributed by atoms with E-state index < -0.39 is 0 Å². The molecule has 3 aromatic rings. The molecule has 1 aliphatic carbocycles. The van der Waals surface area contributed by atoms with Crippen molar-refractivity contribution < 1.29 is 6.48 Å². The summed E-state index contributed by atoms with van der Waals surface area (Å²) in [4.78, 5) is 5.21. The first-order valence-corrected chi connectivity index (χ1v) is 12.3. The van der Waals surface area contributed by atoms with Gasteiger partial charge in [-0.3, -0.25) is 9.80 Å². The van der Waals surface area contributed by atoms with Crippen LogP contribution in [-0.2, 0) is 13.0 Å². The molecule has 182 valence electrons. The van der Waals surface area contributed by atoms with Gasteiger partial charge < -0.3 is 5.11 Å². The van der Waals surface area contributed by atoms with Crippen molar-refractivity contribution in [2.45, 2.75) is 64.6 Å². The second kappa shape index (κ2) is 11.6. The Morgan fingerprint density at radius 3 is 2.35 bits per heavy atom. The number of piperazine rings is 1. The van der Waals surface area contributed by atoms with Crippen molar-refractivity contribution in [3.63, 3.8) is 0 Å². The van der Waals surface area contributed by atoms with E-state index in [0.717, 1.165) is 56.6 Å². The van der Waals surface area contributed by atoms with Crippen LogP contribution in [0, 0.1) is 0 Å². The smallest absolute Gasteiger partial charge is 0.173 e. The molecule has 5 rings (SSSR count). The standard InChI is InChI=1S/C26H34N6O.CH4/c33-24-13-11-22(12-14-24)25(31-19-17-30(18-20-31)23-9-5-2-6-10-23)26-27-28-29-32(26)16-15-21-7-3-1-4-8-21;/h1,3-4,7-8,11-14,23,25,33H,2,5-6,9-10,15-20H2;1H4/i;1D. The van der Waals surface area contributed by atoms with Gasteiger partial charge >= 0.3 is 0 Å². The molecule has 7 heteroatoms. The van der Waals surface area contributed by atoms with Gasteiger partial charge in [0, 0.05) is 40.1 Å². The number of phenols is 1. The van der Waals surface area contributed by atoms with Gasteiger partial charge in [0.1, 0.15) is 5.75 Å². The largest absolute Gasteiger partial charge is 0.508 e. The Hall–Kier alpha value is -2.77. The predicted octanol–water partition coefficient (Wildman–Crippen LogP) is 4.30. The van der Waals surface area contributed by atoms with Gasteiger partial charge in [-0.05, 0) is 52.9 Å². The van der Waals surface area contributed by atoms with Gasteiger partial charge in [-0.25, -0.2) is 4.68 Å². The fourth-order valence-corrected chi connectivity index (χ4v) is 5.43. The second-order valence-electron chi connectivity index (χ2n) is 9.35. The Bertz CT molecular complexity index is 998. The van der Waals surface area contributed by atoms with E-state index in [4.69, 9.17) is 1.37 Å². The van der Waals surface area contributed by atoms with Crippen molar-refractivity contribution in [2.75, 3.05) is 26.2 Å². The first-order chi connectivity index (χ1) is 17.3. The van der Waals surface area contributed by atoms with Crippen molar-refractivity contribution in [1.82, 2.24) is 30.0 Å². The zero-order valence-electron chi connectivity index (χ0n) is 21.3. The summed E-state index contributed by atoms with van der Waals surface area (Å²) in [5, 5.41) is 22.8. The normalized spacial score (nSPS) is 19.1. The van der Waals surface area contributed by atoms with E-state index in [0.29, 0.717) is 0 Å². The number of hydrogen-bond acceptors (Lipinski definition) is 6. The van der Waals surface area contributed by atoms with Crippen LogP contribution in [0.1, 0.15) is 63.9 Å². The van der Waals surface area contributed by atoms with Gasteiger partial charge in [-0.15, -0.1) is 5.10 Å². The molecular weight excluding hydrogens is 424 g/mol. The molecule has 0 bridgehead atoms. The van der Waals surface area contributed by atoms with E-state index in [1.54, 1.807) is 12.1 Å². The number of aromatic nitrogens is 4. The lowest BCUT2D eigenvalue weighted by Gasteiger charge is -2.43. The highest BCUT2D eigenvalue weighted by molar-refractivity contribution is 5.31. The molecule has 1 atom stereocenters. The van der Waals surface area contributed by atoms with E-state index in [-0.39, 0.29) is 11.8 Å². The maximum Gasteiger partial charge on any atom is 0.173 e. The molecule has 0 radical (unpaired) electrons. The maximum absolute atomic E-state index is 9.86. The van der Waals surface area contributed by atoms with Crippen LogP contribution in [-0.4, -0.2) is 67.3 Å². The van der Waals surface area contributed by atoms with E-state index in [1.165, 1.54) is 45.1 Å². The van der Waals surface area contributed by atoms with Crippen LogP contribution in [0.4, 0.5) is 0 Å². The van der Waals surface area contributed by atoms with Gasteiger partial charge in [0.2, 0.25) is 0 Å². The molecule has 1 aliphatic heterocycles. The Morgan fingerprint density at radius 2 is 1.65 bits per heavy atom. The summed E-state index contributed by atoms with van der Waals surface area (Å²) in [6, 6.07) is 18.7. The SMILES string of the molecule is Oc1ccc(C(c2nnnn2CCc2ccccc2)N2CCN(C3CCCCC3)CC2)cc1.[2H]C. The van der Waals surface area contributed by atoms with Gasteiger partial charge in [0.25, 0.3) is 0 Å². The number of hydrogen-bond donors (Lipinski definition) is 1. The number of phenolic OH excluding ortho intramolecular Hbond substituents is 1. The summed E-state index contributed by atoms with van der Waals surface area (Å²) < 4.78 is 7.71. The Morgan fingerprint density at radius 1 is 0.941 bits per heavy atom. The minimum atomic E-state index is -0.0233. The maximum atomic E-state index is 9.86. The zero-order valence-corrected chi connectivity index (χ0v) is 20.3. The third kappa shape index (κ3) is 5.65. The minimum Gasteiger partial charge on any atom is -0.508 e. The third-order valence-corrected chi connectivity index (χ3v) is 7.27. The average molecular weight is 464 g/mol. The summed E-state index contributed by atoms with van der Waals surface area (Å²) in [7, 11) is 1.25. The molecule has 1 unspecified atom stereocenters. The molecule has 7 nitrogen and oxygen atoms in total. The lowest BCUT2D eigenvalue weighted by Crippen LogP contribution is -2.52. The minimum absolute atomic E-state index is 0.0233. The number of benzene rings is 2. The van der Waals surface area contributed by atoms with Crippen molar-refractivity contribution in [3.05, 3.63) is 71.5 Å². The Kier molecular flexibility index (Phi) is 7.83. The van der Waals surface area contributed by atoms with Crippen molar-refractivity contribution in [3.8, 4) is 5.75 Å². The predicted molar refractivity (Wildman–Crippen MR) is 135 cm³/mol. The summed E-state index contributed by atoms with van der Waals surface area (Å²) >= 11 is 0. The van der Waals surface area contributed by atoms with Crippen LogP contribution < -0.4 is 0 Å². The van der Waals surface area contributed by atoms with E-state index in [2.05, 4.69) is 49.6 Å². The highest BCUT2D eigenvalue weighted by atomic mass is 16.3. The lowest BCUT2D eigenvalue weighted by atomic mass is 9.93. The molecular formula is C27H38N6O. The molecule has 1 aromatic heterocycles. The summed E-state index contributed by atoms with van der Waals surface area (Å²) in [6.07, 6.45) is 7.72. The molecule has 2 aromatic carbocycles. The van der Waals surface area contributed by atoms with Gasteiger partial charge in [0.15, 0.2) is 5.82 Å². The molecule has 1 saturated heterocycles. The van der Waals surface area contributed by atoms with Crippen LogP contribution in [0.2, 0.25) is 0 Å². The first kappa shape index (κ1) is 23.0. The van der Waals surface area contributed by atoms with Crippen molar-refractivity contribution in [1.29, 1.82) is 0 Å². The zero-order chi connectivity index (χ0) is 24.5. The second-order valence-corrected chi connectivity index (χ2v) is 9.35. The monoisotopic (exact) mass is 463 g/mol. The molecule has 2 fully saturated rings. The molecule has 2 aliphatic rings. The van der Waals surface area contributed by atoms with E-state index in [1.807, 2.05) is 22.9 Å². The summed E-state index contributed by atoms with van der Waals surface area (Å²) in [5.41, 5.74) is 2.40. The molecule has 34 heavy (non-hydrogen) atoms. The van der Waals surface area contributed by atoms with Crippen molar-refractivity contribution >= 4 is 0 Å². The lowest BCUT2D eigenvalue weighted by molar-refractivity contribution is 0.0619. The van der Waals surface area contributed by atoms with E-state index in [9.17, 15) is 5.11 Å². The number of tetrazole rings is 1. The fourth-order valence-electron chi connectivity index (χ4n) is 5.43. The number of rotatable bonds is 7. The van der Waals surface area contributed by atoms with Crippen LogP contribution in [0.3, 0.4) is 0 Å². The van der Waals surface area contributed by atoms with Crippen LogP contribution >= 0.6 is 0 Å². The average Bonchev–Trinajstić information content (AvgIpc) is 3.39. The third-order valence-electron chi connectivity index (χ3n) is 7.27.